The molecule has 0 fully saturated rings. The summed E-state index contributed by atoms with van der Waals surface area (Å²) in [7, 11) is 1.67. The second kappa shape index (κ2) is 4.61. The number of likely N-dealkylation sites (N-methyl/N-ethyl adjacent to an activating group) is 1. The number of anilines is 1. The average Bonchev–Trinajstić information content (AvgIpc) is 2.85. The number of ether oxygens (including phenoxy) is 1. The number of benzene rings is 1. The van der Waals surface area contributed by atoms with E-state index in [-0.39, 0.29) is 12.5 Å². The van der Waals surface area contributed by atoms with Gasteiger partial charge >= 0.3 is 0 Å². The summed E-state index contributed by atoms with van der Waals surface area (Å²) < 4.78 is 11.0. The quantitative estimate of drug-likeness (QED) is 0.823. The summed E-state index contributed by atoms with van der Waals surface area (Å²) >= 11 is 0. The lowest BCUT2D eigenvalue weighted by atomic mass is 10.1. The first kappa shape index (κ1) is 12.6. The molecule has 1 aliphatic heterocycles. The van der Waals surface area contributed by atoms with E-state index in [0.717, 1.165) is 5.56 Å². The van der Waals surface area contributed by atoms with Crippen LogP contribution in [0.25, 0.3) is 11.5 Å². The van der Waals surface area contributed by atoms with Crippen LogP contribution in [0, 0.1) is 6.92 Å². The predicted octanol–water partition coefficient (Wildman–Crippen LogP) is 0.728. The largest absolute Gasteiger partial charge is 0.489 e. The Morgan fingerprint density at radius 1 is 1.40 bits per heavy atom. The molecule has 104 valence electrons. The molecule has 1 amide bonds. The Kier molecular flexibility index (Phi) is 2.90. The SMILES string of the molecule is Cc1nnc(-c2ccc3c(c2)OC[C@H](N)C(=O)N3C)o1. The monoisotopic (exact) mass is 274 g/mol. The molecule has 1 aromatic carbocycles. The summed E-state index contributed by atoms with van der Waals surface area (Å²) in [6.07, 6.45) is 0. The number of aromatic nitrogens is 2. The molecule has 0 saturated heterocycles. The van der Waals surface area contributed by atoms with E-state index in [4.69, 9.17) is 14.9 Å². The third-order valence-electron chi connectivity index (χ3n) is 3.16. The van der Waals surface area contributed by atoms with Crippen LogP contribution >= 0.6 is 0 Å². The van der Waals surface area contributed by atoms with Crippen LogP contribution in [-0.4, -0.2) is 35.8 Å². The number of aryl methyl sites for hydroxylation is 1. The normalized spacial score (nSPS) is 18.4. The van der Waals surface area contributed by atoms with Crippen molar-refractivity contribution in [2.75, 3.05) is 18.6 Å². The van der Waals surface area contributed by atoms with Crippen molar-refractivity contribution in [3.05, 3.63) is 24.1 Å². The number of hydrogen-bond donors (Lipinski definition) is 1. The number of carbonyl (C=O) groups excluding carboxylic acids is 1. The zero-order valence-corrected chi connectivity index (χ0v) is 11.2. The third-order valence-corrected chi connectivity index (χ3v) is 3.16. The highest BCUT2D eigenvalue weighted by molar-refractivity contribution is 5.98. The number of rotatable bonds is 1. The van der Waals surface area contributed by atoms with Gasteiger partial charge in [-0.25, -0.2) is 0 Å². The van der Waals surface area contributed by atoms with Crippen LogP contribution in [0.1, 0.15) is 5.89 Å². The van der Waals surface area contributed by atoms with E-state index in [1.807, 2.05) is 0 Å². The van der Waals surface area contributed by atoms with Crippen molar-refractivity contribution in [3.63, 3.8) is 0 Å². The molecule has 7 heteroatoms. The van der Waals surface area contributed by atoms with Gasteiger partial charge < -0.3 is 19.8 Å². The van der Waals surface area contributed by atoms with Crippen LogP contribution in [0.15, 0.2) is 22.6 Å². The summed E-state index contributed by atoms with van der Waals surface area (Å²) in [5.41, 5.74) is 7.15. The van der Waals surface area contributed by atoms with Gasteiger partial charge in [-0.2, -0.15) is 0 Å². The van der Waals surface area contributed by atoms with Crippen LogP contribution < -0.4 is 15.4 Å². The number of carbonyl (C=O) groups is 1. The molecule has 20 heavy (non-hydrogen) atoms. The van der Waals surface area contributed by atoms with Crippen LogP contribution in [0.5, 0.6) is 5.75 Å². The molecule has 0 spiro atoms. The Bertz CT molecular complexity index is 667. The Hall–Kier alpha value is -2.41. The molecular weight excluding hydrogens is 260 g/mol. The molecule has 3 rings (SSSR count). The molecule has 2 N–H and O–H groups in total. The Balaban J connectivity index is 2.03. The first-order chi connectivity index (χ1) is 9.56. The minimum atomic E-state index is -0.665. The molecule has 0 bridgehead atoms. The number of nitrogens with two attached hydrogens (primary N) is 1. The van der Waals surface area contributed by atoms with Crippen molar-refractivity contribution in [3.8, 4) is 17.2 Å². The van der Waals surface area contributed by atoms with E-state index in [0.29, 0.717) is 23.2 Å². The van der Waals surface area contributed by atoms with Gasteiger partial charge in [0.05, 0.1) is 5.69 Å². The van der Waals surface area contributed by atoms with Gasteiger partial charge in [0.1, 0.15) is 18.4 Å². The standard InChI is InChI=1S/C13H14N4O3/c1-7-15-16-12(20-7)8-3-4-10-11(5-8)19-6-9(14)13(18)17(10)2/h3-5,9H,6,14H2,1-2H3/t9-/m0/s1. The van der Waals surface area contributed by atoms with E-state index in [2.05, 4.69) is 10.2 Å². The molecule has 7 nitrogen and oxygen atoms in total. The van der Waals surface area contributed by atoms with Crippen LogP contribution in [0.2, 0.25) is 0 Å². The minimum Gasteiger partial charge on any atom is -0.489 e. The molecule has 1 aromatic heterocycles. The lowest BCUT2D eigenvalue weighted by Gasteiger charge is -2.17. The zero-order chi connectivity index (χ0) is 14.3. The Morgan fingerprint density at radius 3 is 2.90 bits per heavy atom. The number of fused-ring (bicyclic) bond motifs is 1. The van der Waals surface area contributed by atoms with E-state index in [9.17, 15) is 4.79 Å². The highest BCUT2D eigenvalue weighted by Crippen LogP contribution is 2.34. The van der Waals surface area contributed by atoms with Crippen LogP contribution in [-0.2, 0) is 4.79 Å². The van der Waals surface area contributed by atoms with Gasteiger partial charge in [0.2, 0.25) is 17.7 Å². The molecular formula is C13H14N4O3. The van der Waals surface area contributed by atoms with Gasteiger partial charge in [0.25, 0.3) is 0 Å². The topological polar surface area (TPSA) is 94.5 Å². The number of nitrogens with zero attached hydrogens (tertiary/aromatic N) is 3. The van der Waals surface area contributed by atoms with E-state index in [1.54, 1.807) is 32.2 Å². The maximum Gasteiger partial charge on any atom is 0.247 e. The predicted molar refractivity (Wildman–Crippen MR) is 71.4 cm³/mol. The van der Waals surface area contributed by atoms with Gasteiger partial charge in [-0.05, 0) is 18.2 Å². The highest BCUT2D eigenvalue weighted by atomic mass is 16.5. The number of hydrogen-bond acceptors (Lipinski definition) is 6. The van der Waals surface area contributed by atoms with Gasteiger partial charge in [-0.15, -0.1) is 10.2 Å². The highest BCUT2D eigenvalue weighted by Gasteiger charge is 2.26. The molecule has 2 aromatic rings. The van der Waals surface area contributed by atoms with Crippen molar-refractivity contribution >= 4 is 11.6 Å². The van der Waals surface area contributed by atoms with Crippen molar-refractivity contribution in [1.82, 2.24) is 10.2 Å². The smallest absolute Gasteiger partial charge is 0.247 e. The van der Waals surface area contributed by atoms with Crippen molar-refractivity contribution in [2.45, 2.75) is 13.0 Å². The average molecular weight is 274 g/mol. The molecule has 0 radical (unpaired) electrons. The lowest BCUT2D eigenvalue weighted by molar-refractivity contribution is -0.119. The van der Waals surface area contributed by atoms with Gasteiger partial charge in [-0.1, -0.05) is 0 Å². The van der Waals surface area contributed by atoms with Crippen LogP contribution in [0.3, 0.4) is 0 Å². The first-order valence-corrected chi connectivity index (χ1v) is 6.17. The van der Waals surface area contributed by atoms with Crippen molar-refractivity contribution < 1.29 is 13.9 Å². The summed E-state index contributed by atoms with van der Waals surface area (Å²) in [4.78, 5) is 13.4. The van der Waals surface area contributed by atoms with Gasteiger partial charge in [0.15, 0.2) is 0 Å². The maximum atomic E-state index is 11.9. The first-order valence-electron chi connectivity index (χ1n) is 6.17. The van der Waals surface area contributed by atoms with Gasteiger partial charge in [-0.3, -0.25) is 4.79 Å². The summed E-state index contributed by atoms with van der Waals surface area (Å²) in [5.74, 6) is 1.30. The lowest BCUT2D eigenvalue weighted by Crippen LogP contribution is -2.43. The zero-order valence-electron chi connectivity index (χ0n) is 11.2. The minimum absolute atomic E-state index is 0.141. The Labute approximate surface area is 115 Å². The summed E-state index contributed by atoms with van der Waals surface area (Å²) in [6.45, 7) is 1.87. The fourth-order valence-electron chi connectivity index (χ4n) is 2.07. The molecule has 0 unspecified atom stereocenters. The van der Waals surface area contributed by atoms with E-state index >= 15 is 0 Å². The second-order valence-corrected chi connectivity index (χ2v) is 4.62. The number of amides is 1. The Morgan fingerprint density at radius 2 is 2.20 bits per heavy atom. The summed E-state index contributed by atoms with van der Waals surface area (Å²) in [5, 5.41) is 7.75. The second-order valence-electron chi connectivity index (χ2n) is 4.62. The molecule has 1 atom stereocenters. The summed E-state index contributed by atoms with van der Waals surface area (Å²) in [6, 6.07) is 4.68. The third kappa shape index (κ3) is 2.01. The van der Waals surface area contributed by atoms with Gasteiger partial charge in [0, 0.05) is 19.5 Å². The fourth-order valence-corrected chi connectivity index (χ4v) is 2.07. The molecule has 0 aliphatic carbocycles. The molecule has 0 saturated carbocycles. The fraction of sp³-hybridized carbons (Fsp3) is 0.308. The molecule has 1 aliphatic rings. The van der Waals surface area contributed by atoms with Crippen molar-refractivity contribution in [1.29, 1.82) is 0 Å². The van der Waals surface area contributed by atoms with Crippen LogP contribution in [0.4, 0.5) is 5.69 Å². The molecule has 2 heterocycles. The van der Waals surface area contributed by atoms with Crippen molar-refractivity contribution in [2.24, 2.45) is 5.73 Å². The van der Waals surface area contributed by atoms with E-state index < -0.39 is 6.04 Å². The maximum absolute atomic E-state index is 11.9. The van der Waals surface area contributed by atoms with E-state index in [1.165, 1.54) is 4.90 Å².